The second kappa shape index (κ2) is 9.52. The van der Waals surface area contributed by atoms with Crippen LogP contribution in [-0.2, 0) is 11.3 Å². The molecule has 0 aliphatic carbocycles. The van der Waals surface area contributed by atoms with E-state index in [0.29, 0.717) is 11.3 Å². The van der Waals surface area contributed by atoms with Gasteiger partial charge >= 0.3 is 0 Å². The number of halogens is 4. The van der Waals surface area contributed by atoms with Gasteiger partial charge in [-0.25, -0.2) is 27.1 Å². The number of imidazole rings is 1. The Hall–Kier alpha value is -3.90. The molecule has 9 nitrogen and oxygen atoms in total. The number of amides is 1. The third kappa shape index (κ3) is 4.31. The lowest BCUT2D eigenvalue weighted by Crippen LogP contribution is -2.49. The minimum atomic E-state index is -2.86. The number of hydrogen-bond donors (Lipinski definition) is 1. The predicted molar refractivity (Wildman–Crippen MR) is 128 cm³/mol. The van der Waals surface area contributed by atoms with E-state index >= 15 is 8.78 Å². The Morgan fingerprint density at radius 1 is 1.30 bits per heavy atom. The maximum absolute atomic E-state index is 15.3. The fourth-order valence-corrected chi connectivity index (χ4v) is 4.73. The number of hydrogen-bond acceptors (Lipinski definition) is 6. The van der Waals surface area contributed by atoms with Gasteiger partial charge in [-0.2, -0.15) is 4.98 Å². The lowest BCUT2D eigenvalue weighted by Gasteiger charge is -2.34. The van der Waals surface area contributed by atoms with E-state index in [-0.39, 0.29) is 53.5 Å². The molecule has 0 saturated carbocycles. The number of rotatable bonds is 6. The molecule has 4 aromatic rings. The Morgan fingerprint density at radius 2 is 2.11 bits per heavy atom. The van der Waals surface area contributed by atoms with Crippen LogP contribution in [0.2, 0.25) is 0 Å². The van der Waals surface area contributed by atoms with Crippen molar-refractivity contribution in [3.63, 3.8) is 0 Å². The van der Waals surface area contributed by atoms with E-state index in [1.807, 2.05) is 0 Å². The molecule has 37 heavy (non-hydrogen) atoms. The molecule has 0 bridgehead atoms. The fraction of sp³-hybridized carbons (Fsp3) is 0.417. The van der Waals surface area contributed by atoms with Crippen molar-refractivity contribution in [3.8, 4) is 17.0 Å². The highest BCUT2D eigenvalue weighted by atomic mass is 19.1. The molecule has 3 aromatic heterocycles. The summed E-state index contributed by atoms with van der Waals surface area (Å²) in [6.07, 6.45) is -0.519. The number of aryl methyl sites for hydroxylation is 2. The summed E-state index contributed by atoms with van der Waals surface area (Å²) < 4.78 is 88.2. The molecule has 0 unspecified atom stereocenters. The minimum absolute atomic E-state index is 0.00346. The van der Waals surface area contributed by atoms with Crippen LogP contribution in [0.5, 0.6) is 5.88 Å². The molecule has 1 aliphatic heterocycles. The van der Waals surface area contributed by atoms with Crippen molar-refractivity contribution >= 4 is 28.4 Å². The summed E-state index contributed by atoms with van der Waals surface area (Å²) in [4.78, 5) is 21.4. The van der Waals surface area contributed by atoms with Crippen molar-refractivity contribution in [2.75, 3.05) is 32.2 Å². The fourth-order valence-electron chi connectivity index (χ4n) is 4.73. The zero-order valence-electron chi connectivity index (χ0n) is 22.9. The number of anilines is 1. The predicted octanol–water partition coefficient (Wildman–Crippen LogP) is 3.68. The molecule has 0 spiro atoms. The van der Waals surface area contributed by atoms with Gasteiger partial charge < -0.3 is 19.5 Å². The van der Waals surface area contributed by atoms with E-state index in [9.17, 15) is 13.6 Å². The molecular formula is C24H25F4N7O2. The van der Waals surface area contributed by atoms with Crippen LogP contribution in [-0.4, -0.2) is 74.0 Å². The Balaban J connectivity index is 1.49. The second-order valence-corrected chi connectivity index (χ2v) is 8.72. The first kappa shape index (κ1) is 21.2. The number of methoxy groups -OCH3 is 1. The Labute approximate surface area is 213 Å². The summed E-state index contributed by atoms with van der Waals surface area (Å²) >= 11 is 0. The number of ether oxygens (including phenoxy) is 1. The van der Waals surface area contributed by atoms with Gasteiger partial charge in [-0.1, -0.05) is 0 Å². The van der Waals surface area contributed by atoms with Crippen LogP contribution in [0, 0.1) is 18.6 Å². The van der Waals surface area contributed by atoms with Crippen LogP contribution in [0.1, 0.15) is 23.2 Å². The molecule has 1 N–H and O–H groups in total. The third-order valence-corrected chi connectivity index (χ3v) is 6.48. The Bertz CT molecular complexity index is 1610. The number of aromatic nitrogens is 5. The van der Waals surface area contributed by atoms with Gasteiger partial charge in [-0.15, -0.1) is 5.10 Å². The highest BCUT2D eigenvalue weighted by Gasteiger charge is 2.31. The highest BCUT2D eigenvalue weighted by Crippen LogP contribution is 2.36. The number of nitrogens with one attached hydrogen (secondary N) is 1. The van der Waals surface area contributed by atoms with Crippen LogP contribution in [0.4, 0.5) is 23.5 Å². The summed E-state index contributed by atoms with van der Waals surface area (Å²) in [6.45, 7) is -2.42. The summed E-state index contributed by atoms with van der Waals surface area (Å²) in [5, 5.41) is 7.04. The number of likely N-dealkylation sites (tertiary alicyclic amines) is 1. The van der Waals surface area contributed by atoms with Gasteiger partial charge in [-0.05, 0) is 31.0 Å². The van der Waals surface area contributed by atoms with Gasteiger partial charge in [0.05, 0.1) is 43.5 Å². The first-order valence-corrected chi connectivity index (χ1v) is 11.5. The summed E-state index contributed by atoms with van der Waals surface area (Å²) in [7, 11) is 1.29. The molecule has 1 amide bonds. The second-order valence-electron chi connectivity index (χ2n) is 8.72. The van der Waals surface area contributed by atoms with Crippen LogP contribution in [0.3, 0.4) is 0 Å². The smallest absolute Gasteiger partial charge is 0.244 e. The molecule has 5 rings (SSSR count). The first-order chi connectivity index (χ1) is 18.9. The van der Waals surface area contributed by atoms with E-state index in [2.05, 4.69) is 20.4 Å². The molecule has 1 aromatic carbocycles. The van der Waals surface area contributed by atoms with E-state index in [0.717, 1.165) is 21.7 Å². The standard InChI is InChI=1S/C24H25F4N7O2/c1-12-29-21-15(26)8-14(9-19(21)34(12)7-5-25)20-17(28)11-35-22(20)23(37-3)31-24(32-35)30-18-4-6-33(13(2)36)10-16(18)27/h8-9,11,16,18H,4-7,10H2,1-3H3,(H,30,32)/t16-,18+/m1/s1/i2D3. The van der Waals surface area contributed by atoms with Crippen molar-refractivity contribution in [1.29, 1.82) is 0 Å². The average Bonchev–Trinajstić information content (AvgIpc) is 3.39. The van der Waals surface area contributed by atoms with Crippen LogP contribution in [0.25, 0.3) is 27.7 Å². The molecule has 2 atom stereocenters. The minimum Gasteiger partial charge on any atom is -0.479 e. The van der Waals surface area contributed by atoms with Gasteiger partial charge in [0, 0.05) is 17.5 Å². The lowest BCUT2D eigenvalue weighted by molar-refractivity contribution is -0.131. The van der Waals surface area contributed by atoms with Gasteiger partial charge in [0.1, 0.15) is 29.7 Å². The van der Waals surface area contributed by atoms with Crippen LogP contribution >= 0.6 is 0 Å². The van der Waals surface area contributed by atoms with Crippen molar-refractivity contribution in [1.82, 2.24) is 29.0 Å². The first-order valence-electron chi connectivity index (χ1n) is 13.0. The SMILES string of the molecule is [2H]C([2H])([2H])C(=O)N1CC[C@H](Nc2nc(OC)c3c(-c4cc(F)c5nc(C)n(CCF)c5c4)c(F)cn3n2)[C@H](F)C1. The molecule has 13 heteroatoms. The van der Waals surface area contributed by atoms with E-state index in [1.165, 1.54) is 17.7 Å². The number of nitrogens with zero attached hydrogens (tertiary/aromatic N) is 6. The maximum atomic E-state index is 15.3. The third-order valence-electron chi connectivity index (χ3n) is 6.48. The van der Waals surface area contributed by atoms with Gasteiger partial charge in [0.25, 0.3) is 0 Å². The van der Waals surface area contributed by atoms with Gasteiger partial charge in [-0.3, -0.25) is 4.79 Å². The topological polar surface area (TPSA) is 89.6 Å². The molecule has 1 saturated heterocycles. The van der Waals surface area contributed by atoms with Crippen molar-refractivity contribution in [2.45, 2.75) is 39.0 Å². The summed E-state index contributed by atoms with van der Waals surface area (Å²) in [5.41, 5.74) is 0.463. The quantitative estimate of drug-likeness (QED) is 0.389. The number of fused-ring (bicyclic) bond motifs is 2. The molecule has 1 fully saturated rings. The van der Waals surface area contributed by atoms with Gasteiger partial charge in [0.15, 0.2) is 11.6 Å². The molecule has 1 aliphatic rings. The number of carbonyl (C=O) groups excluding carboxylic acids is 1. The normalized spacial score (nSPS) is 19.6. The van der Waals surface area contributed by atoms with Crippen LogP contribution in [0.15, 0.2) is 18.3 Å². The zero-order chi connectivity index (χ0) is 28.9. The monoisotopic (exact) mass is 522 g/mol. The zero-order valence-corrected chi connectivity index (χ0v) is 19.9. The average molecular weight is 523 g/mol. The van der Waals surface area contributed by atoms with Crippen molar-refractivity contribution < 1.29 is 31.2 Å². The number of alkyl halides is 2. The van der Waals surface area contributed by atoms with E-state index < -0.39 is 49.8 Å². The number of carbonyl (C=O) groups is 1. The molecule has 4 heterocycles. The lowest BCUT2D eigenvalue weighted by atomic mass is 10.0. The summed E-state index contributed by atoms with van der Waals surface area (Å²) in [6, 6.07) is 1.75. The largest absolute Gasteiger partial charge is 0.479 e. The van der Waals surface area contributed by atoms with E-state index in [1.54, 1.807) is 6.92 Å². The molecule has 196 valence electrons. The van der Waals surface area contributed by atoms with Gasteiger partial charge in [0.2, 0.25) is 17.7 Å². The Kier molecular flexibility index (Phi) is 5.46. The summed E-state index contributed by atoms with van der Waals surface area (Å²) in [5.74, 6) is -2.40. The number of piperidine rings is 1. The van der Waals surface area contributed by atoms with E-state index in [4.69, 9.17) is 8.85 Å². The molecular weight excluding hydrogens is 494 g/mol. The molecule has 0 radical (unpaired) electrons. The maximum Gasteiger partial charge on any atom is 0.244 e. The van der Waals surface area contributed by atoms with Crippen molar-refractivity contribution in [2.24, 2.45) is 0 Å². The Morgan fingerprint density at radius 3 is 2.81 bits per heavy atom. The number of benzene rings is 1. The van der Waals surface area contributed by atoms with Crippen LogP contribution < -0.4 is 10.1 Å². The van der Waals surface area contributed by atoms with Crippen molar-refractivity contribution in [3.05, 3.63) is 35.8 Å². The highest BCUT2D eigenvalue weighted by molar-refractivity contribution is 5.90.